The van der Waals surface area contributed by atoms with E-state index >= 15 is 0 Å². The Morgan fingerprint density at radius 2 is 2.32 bits per heavy atom. The Balaban J connectivity index is 2.98. The highest BCUT2D eigenvalue weighted by Crippen LogP contribution is 2.15. The van der Waals surface area contributed by atoms with E-state index in [9.17, 15) is 9.18 Å². The largest absolute Gasteiger partial charge is 0.381 e. The summed E-state index contributed by atoms with van der Waals surface area (Å²) in [6.45, 7) is 4.63. The summed E-state index contributed by atoms with van der Waals surface area (Å²) in [5.41, 5.74) is 5.25. The number of rotatable bonds is 5. The van der Waals surface area contributed by atoms with Gasteiger partial charge in [-0.15, -0.1) is 0 Å². The zero-order valence-corrected chi connectivity index (χ0v) is 11.1. The Labute approximate surface area is 111 Å². The van der Waals surface area contributed by atoms with Crippen LogP contribution in [0.4, 0.5) is 10.2 Å². The molecular weight excluding hydrogens is 247 g/mol. The molecule has 1 aromatic heterocycles. The van der Waals surface area contributed by atoms with Gasteiger partial charge in [-0.1, -0.05) is 13.8 Å². The number of nitrogens with zero attached hydrogens (tertiary/aromatic N) is 3. The number of pyridine rings is 1. The van der Waals surface area contributed by atoms with E-state index in [-0.39, 0.29) is 30.3 Å². The molecule has 2 N–H and O–H groups in total. The van der Waals surface area contributed by atoms with Gasteiger partial charge in [-0.3, -0.25) is 4.79 Å². The molecule has 1 heterocycles. The molecule has 0 bridgehead atoms. The smallest absolute Gasteiger partial charge is 0.257 e. The van der Waals surface area contributed by atoms with E-state index in [1.165, 1.54) is 17.2 Å². The highest BCUT2D eigenvalue weighted by molar-refractivity contribution is 5.95. The molecule has 0 radical (unpaired) electrons. The lowest BCUT2D eigenvalue weighted by Gasteiger charge is -2.23. The van der Waals surface area contributed by atoms with E-state index in [1.807, 2.05) is 19.9 Å². The van der Waals surface area contributed by atoms with Crippen LogP contribution in [-0.2, 0) is 0 Å². The fourth-order valence-corrected chi connectivity index (χ4v) is 1.70. The predicted octanol–water partition coefficient (Wildman–Crippen LogP) is 1.81. The molecule has 0 aliphatic carbocycles. The van der Waals surface area contributed by atoms with E-state index in [4.69, 9.17) is 11.0 Å². The highest BCUT2D eigenvalue weighted by atomic mass is 19.1. The SMILES string of the molecule is CC(C)CN(CCC#N)C(=O)c1ccnc(N)c1F. The molecule has 0 saturated heterocycles. The molecule has 0 spiro atoms. The van der Waals surface area contributed by atoms with Gasteiger partial charge in [-0.05, 0) is 12.0 Å². The number of nitrogens with two attached hydrogens (primary N) is 1. The van der Waals surface area contributed by atoms with Gasteiger partial charge in [0, 0.05) is 19.3 Å². The number of nitrogen functional groups attached to an aromatic ring is 1. The fourth-order valence-electron chi connectivity index (χ4n) is 1.70. The first-order valence-electron chi connectivity index (χ1n) is 6.03. The van der Waals surface area contributed by atoms with Crippen LogP contribution in [0.3, 0.4) is 0 Å². The van der Waals surface area contributed by atoms with Crippen molar-refractivity contribution < 1.29 is 9.18 Å². The molecule has 0 fully saturated rings. The third-order valence-corrected chi connectivity index (χ3v) is 2.51. The summed E-state index contributed by atoms with van der Waals surface area (Å²) >= 11 is 0. The number of aromatic nitrogens is 1. The van der Waals surface area contributed by atoms with Crippen molar-refractivity contribution in [3.63, 3.8) is 0 Å². The van der Waals surface area contributed by atoms with Crippen molar-refractivity contribution in [2.75, 3.05) is 18.8 Å². The van der Waals surface area contributed by atoms with Crippen LogP contribution < -0.4 is 5.73 Å². The molecule has 1 rings (SSSR count). The van der Waals surface area contributed by atoms with Crippen LogP contribution in [-0.4, -0.2) is 28.9 Å². The molecule has 0 unspecified atom stereocenters. The molecule has 0 aliphatic rings. The van der Waals surface area contributed by atoms with Crippen LogP contribution in [0.15, 0.2) is 12.3 Å². The summed E-state index contributed by atoms with van der Waals surface area (Å²) in [5.74, 6) is -1.34. The van der Waals surface area contributed by atoms with Crippen molar-refractivity contribution >= 4 is 11.7 Å². The molecule has 102 valence electrons. The summed E-state index contributed by atoms with van der Waals surface area (Å²) in [5, 5.41) is 8.61. The van der Waals surface area contributed by atoms with E-state index in [0.717, 1.165) is 0 Å². The second-order valence-corrected chi connectivity index (χ2v) is 4.61. The lowest BCUT2D eigenvalue weighted by Crippen LogP contribution is -2.35. The summed E-state index contributed by atoms with van der Waals surface area (Å²) in [7, 11) is 0. The number of carbonyl (C=O) groups is 1. The Hall–Kier alpha value is -2.16. The molecule has 0 saturated carbocycles. The minimum atomic E-state index is -0.807. The second kappa shape index (κ2) is 6.69. The van der Waals surface area contributed by atoms with E-state index in [0.29, 0.717) is 6.54 Å². The van der Waals surface area contributed by atoms with Crippen LogP contribution in [0.5, 0.6) is 0 Å². The van der Waals surface area contributed by atoms with E-state index < -0.39 is 11.7 Å². The van der Waals surface area contributed by atoms with Crippen molar-refractivity contribution in [2.24, 2.45) is 5.92 Å². The molecule has 0 aliphatic heterocycles. The maximum atomic E-state index is 13.8. The number of carbonyl (C=O) groups excluding carboxylic acids is 1. The van der Waals surface area contributed by atoms with Crippen molar-refractivity contribution in [1.82, 2.24) is 9.88 Å². The van der Waals surface area contributed by atoms with Gasteiger partial charge in [0.25, 0.3) is 5.91 Å². The van der Waals surface area contributed by atoms with Crippen molar-refractivity contribution in [3.05, 3.63) is 23.6 Å². The summed E-state index contributed by atoms with van der Waals surface area (Å²) in [6.07, 6.45) is 1.50. The Kier molecular flexibility index (Phi) is 5.24. The molecule has 19 heavy (non-hydrogen) atoms. The number of anilines is 1. The summed E-state index contributed by atoms with van der Waals surface area (Å²) in [6, 6.07) is 3.28. The molecule has 1 amide bonds. The van der Waals surface area contributed by atoms with Crippen LogP contribution in [0.1, 0.15) is 30.6 Å². The van der Waals surface area contributed by atoms with Gasteiger partial charge in [0.2, 0.25) is 0 Å². The number of hydrogen-bond donors (Lipinski definition) is 1. The quantitative estimate of drug-likeness (QED) is 0.879. The molecule has 6 heteroatoms. The fraction of sp³-hybridized carbons (Fsp3) is 0.462. The first kappa shape index (κ1) is 14.9. The standard InChI is InChI=1S/C13H17FN4O/c1-9(2)8-18(7-3-5-15)13(19)10-4-6-17-12(16)11(10)14/h4,6,9H,3,7-8H2,1-2H3,(H2,16,17). The third kappa shape index (κ3) is 3.91. The van der Waals surface area contributed by atoms with Gasteiger partial charge in [-0.2, -0.15) is 5.26 Å². The van der Waals surface area contributed by atoms with Gasteiger partial charge in [0.15, 0.2) is 11.6 Å². The average molecular weight is 264 g/mol. The maximum absolute atomic E-state index is 13.8. The first-order chi connectivity index (χ1) is 8.97. The van der Waals surface area contributed by atoms with E-state index in [1.54, 1.807) is 0 Å². The number of nitriles is 1. The molecule has 1 aromatic rings. The average Bonchev–Trinajstić information content (AvgIpc) is 2.36. The summed E-state index contributed by atoms with van der Waals surface area (Å²) in [4.78, 5) is 17.3. The van der Waals surface area contributed by atoms with E-state index in [2.05, 4.69) is 4.98 Å². The minimum absolute atomic E-state index is 0.105. The topological polar surface area (TPSA) is 83.0 Å². The molecular formula is C13H17FN4O. The molecule has 0 aromatic carbocycles. The van der Waals surface area contributed by atoms with Crippen LogP contribution in [0, 0.1) is 23.1 Å². The number of hydrogen-bond acceptors (Lipinski definition) is 4. The summed E-state index contributed by atoms with van der Waals surface area (Å²) < 4.78 is 13.8. The monoisotopic (exact) mass is 264 g/mol. The molecule has 5 nitrogen and oxygen atoms in total. The zero-order valence-electron chi connectivity index (χ0n) is 11.1. The van der Waals surface area contributed by atoms with Gasteiger partial charge in [-0.25, -0.2) is 9.37 Å². The van der Waals surface area contributed by atoms with Crippen molar-refractivity contribution in [1.29, 1.82) is 5.26 Å². The zero-order chi connectivity index (χ0) is 14.4. The lowest BCUT2D eigenvalue weighted by atomic mass is 10.1. The Morgan fingerprint density at radius 1 is 1.63 bits per heavy atom. The van der Waals surface area contributed by atoms with Crippen LogP contribution >= 0.6 is 0 Å². The lowest BCUT2D eigenvalue weighted by molar-refractivity contribution is 0.0735. The van der Waals surface area contributed by atoms with Gasteiger partial charge in [0.05, 0.1) is 18.1 Å². The first-order valence-corrected chi connectivity index (χ1v) is 6.03. The second-order valence-electron chi connectivity index (χ2n) is 4.61. The normalized spacial score (nSPS) is 10.3. The highest BCUT2D eigenvalue weighted by Gasteiger charge is 2.21. The Bertz CT molecular complexity index is 496. The van der Waals surface area contributed by atoms with Crippen molar-refractivity contribution in [3.8, 4) is 6.07 Å². The van der Waals surface area contributed by atoms with Crippen LogP contribution in [0.2, 0.25) is 0 Å². The van der Waals surface area contributed by atoms with Gasteiger partial charge < -0.3 is 10.6 Å². The van der Waals surface area contributed by atoms with Crippen molar-refractivity contribution in [2.45, 2.75) is 20.3 Å². The van der Waals surface area contributed by atoms with Gasteiger partial charge >= 0.3 is 0 Å². The number of halogens is 1. The molecule has 0 atom stereocenters. The number of amides is 1. The Morgan fingerprint density at radius 3 is 2.89 bits per heavy atom. The predicted molar refractivity (Wildman–Crippen MR) is 69.6 cm³/mol. The van der Waals surface area contributed by atoms with Crippen LogP contribution in [0.25, 0.3) is 0 Å². The maximum Gasteiger partial charge on any atom is 0.257 e. The third-order valence-electron chi connectivity index (χ3n) is 2.51. The van der Waals surface area contributed by atoms with Gasteiger partial charge in [0.1, 0.15) is 0 Å². The minimum Gasteiger partial charge on any atom is -0.381 e.